The molecule has 6 heteroatoms. The van der Waals surface area contributed by atoms with E-state index in [1.165, 1.54) is 12.1 Å². The van der Waals surface area contributed by atoms with E-state index in [0.717, 1.165) is 43.4 Å². The van der Waals surface area contributed by atoms with Gasteiger partial charge in [0.25, 0.3) is 9.04 Å². The highest BCUT2D eigenvalue weighted by Crippen LogP contribution is 2.49. The van der Waals surface area contributed by atoms with Gasteiger partial charge in [0.05, 0.1) is 18.6 Å². The van der Waals surface area contributed by atoms with Crippen molar-refractivity contribution in [1.29, 1.82) is 5.26 Å². The van der Waals surface area contributed by atoms with Crippen LogP contribution in [0.15, 0.2) is 103 Å². The van der Waals surface area contributed by atoms with Crippen LogP contribution >= 0.6 is 0 Å². The van der Waals surface area contributed by atoms with Crippen molar-refractivity contribution in [3.05, 3.63) is 120 Å². The third kappa shape index (κ3) is 5.29. The van der Waals surface area contributed by atoms with Crippen molar-refractivity contribution in [1.82, 2.24) is 0 Å². The molecule has 0 aliphatic carbocycles. The largest absolute Gasteiger partial charge is 0.454 e. The molecule has 6 rings (SSSR count). The summed E-state index contributed by atoms with van der Waals surface area (Å²) in [5, 5.41) is 14.2. The van der Waals surface area contributed by atoms with E-state index in [-0.39, 0.29) is 30.5 Å². The molecule has 0 bridgehead atoms. The molecule has 0 spiro atoms. The topological polar surface area (TPSA) is 51.5 Å². The molecule has 5 aromatic carbocycles. The fourth-order valence-corrected chi connectivity index (χ4v) is 7.97. The minimum Gasteiger partial charge on any atom is -0.454 e. The van der Waals surface area contributed by atoms with Crippen LogP contribution in [0, 0.1) is 22.6 Å². The van der Waals surface area contributed by atoms with Crippen LogP contribution in [0.2, 0.25) is 0 Å². The van der Waals surface area contributed by atoms with E-state index in [9.17, 15) is 9.65 Å². The third-order valence-electron chi connectivity index (χ3n) is 7.55. The van der Waals surface area contributed by atoms with Crippen molar-refractivity contribution in [2.45, 2.75) is 33.3 Å². The summed E-state index contributed by atoms with van der Waals surface area (Å²) in [6.07, 6.45) is -0.207. The second kappa shape index (κ2) is 11.4. The second-order valence-electron chi connectivity index (χ2n) is 11.5. The number of hydrogen-bond donors (Lipinski definition) is 0. The summed E-state index contributed by atoms with van der Waals surface area (Å²) >= 11 is 0. The molecule has 5 aromatic rings. The first-order valence-corrected chi connectivity index (χ1v) is 15.4. The van der Waals surface area contributed by atoms with Gasteiger partial charge in [0.1, 0.15) is 5.82 Å². The molecule has 42 heavy (non-hydrogen) atoms. The molecule has 0 fully saturated rings. The number of hydrogen-bond acceptors (Lipinski definition) is 4. The minimum absolute atomic E-state index is 0.125. The average Bonchev–Trinajstić information content (AvgIpc) is 3.48. The van der Waals surface area contributed by atoms with Crippen molar-refractivity contribution in [3.8, 4) is 28.7 Å². The van der Waals surface area contributed by atoms with Gasteiger partial charge in [-0.05, 0) is 67.7 Å². The van der Waals surface area contributed by atoms with Gasteiger partial charge in [0.2, 0.25) is 6.79 Å². The van der Waals surface area contributed by atoms with Gasteiger partial charge in [-0.1, -0.05) is 99.6 Å². The molecule has 0 aromatic heterocycles. The third-order valence-corrected chi connectivity index (χ3v) is 9.73. The number of fused-ring (bicyclic) bond motifs is 3. The predicted octanol–water partition coefficient (Wildman–Crippen LogP) is 7.35. The van der Waals surface area contributed by atoms with Crippen molar-refractivity contribution in [2.24, 2.45) is 5.41 Å². The molecule has 1 radical (unpaired) electrons. The van der Waals surface area contributed by atoms with E-state index >= 15 is 0 Å². The van der Waals surface area contributed by atoms with E-state index in [2.05, 4.69) is 57.2 Å². The van der Waals surface area contributed by atoms with Gasteiger partial charge >= 0.3 is 0 Å². The van der Waals surface area contributed by atoms with Crippen molar-refractivity contribution >= 4 is 30.2 Å². The molecule has 1 atom stereocenters. The van der Waals surface area contributed by atoms with Crippen LogP contribution in [0.3, 0.4) is 0 Å². The smallest absolute Gasteiger partial charge is 0.283 e. The molecule has 1 heterocycles. The van der Waals surface area contributed by atoms with Crippen molar-refractivity contribution < 1.29 is 18.3 Å². The number of nitriles is 1. The number of benzene rings is 5. The van der Waals surface area contributed by atoms with E-state index in [1.54, 1.807) is 12.1 Å². The Morgan fingerprint density at radius 3 is 2.12 bits per heavy atom. The molecule has 1 aliphatic rings. The molecule has 1 unspecified atom stereocenters. The summed E-state index contributed by atoms with van der Waals surface area (Å²) in [5.41, 5.74) is 3.12. The maximum Gasteiger partial charge on any atom is 0.283 e. The second-order valence-corrected chi connectivity index (χ2v) is 13.5. The van der Waals surface area contributed by atoms with E-state index in [1.807, 2.05) is 48.5 Å². The predicted molar refractivity (Wildman–Crippen MR) is 166 cm³/mol. The van der Waals surface area contributed by atoms with Crippen molar-refractivity contribution in [2.75, 3.05) is 6.79 Å². The minimum atomic E-state index is -1.68. The van der Waals surface area contributed by atoms with E-state index in [0.29, 0.717) is 11.5 Å². The zero-order valence-electron chi connectivity index (χ0n) is 23.9. The lowest BCUT2D eigenvalue weighted by atomic mass is 9.79. The molecule has 0 saturated carbocycles. The molecule has 0 N–H and O–H groups in total. The standard InChI is InChI=1S/C36H31FNO3Si/c1-36(2,3)35(41-42(27-10-6-4-7-11-27)28-12-8-5-9-13-28)30-22-25-16-19-31-34(40-23-39-31)33(25)32(29(30)20-21-38)24-14-17-26(37)18-15-24/h4-19,22,35H,20,23H2,1-3H3. The molecule has 4 nitrogen and oxygen atoms in total. The zero-order valence-corrected chi connectivity index (χ0v) is 24.9. The average molecular weight is 573 g/mol. The molecule has 1 aliphatic heterocycles. The Kier molecular flexibility index (Phi) is 7.55. The molecular weight excluding hydrogens is 541 g/mol. The Bertz CT molecular complexity index is 1720. The first-order valence-electron chi connectivity index (χ1n) is 14.0. The SMILES string of the molecule is CC(C)(C)C(O[Si](c1ccccc1)c1ccccc1)c1cc2ccc3c(c2c(-c2ccc(F)cc2)c1CC#N)OCO3. The number of ether oxygens (including phenoxy) is 2. The summed E-state index contributed by atoms with van der Waals surface area (Å²) in [6, 6.07) is 35.7. The quantitative estimate of drug-likeness (QED) is 0.191. The lowest BCUT2D eigenvalue weighted by molar-refractivity contribution is 0.0891. The fraction of sp³-hybridized carbons (Fsp3) is 0.194. The first-order chi connectivity index (χ1) is 20.3. The van der Waals surface area contributed by atoms with Gasteiger partial charge in [-0.3, -0.25) is 0 Å². The maximum atomic E-state index is 14.1. The van der Waals surface area contributed by atoms with Crippen molar-refractivity contribution in [3.63, 3.8) is 0 Å². The number of nitrogens with zero attached hydrogens (tertiary/aromatic N) is 1. The van der Waals surface area contributed by atoms with Crippen LogP contribution in [0.5, 0.6) is 11.5 Å². The Hall–Kier alpha value is -4.44. The lowest BCUT2D eigenvalue weighted by Gasteiger charge is -2.36. The van der Waals surface area contributed by atoms with Crippen LogP contribution in [0.4, 0.5) is 4.39 Å². The molecule has 0 amide bonds. The van der Waals surface area contributed by atoms with E-state index < -0.39 is 9.04 Å². The normalized spacial score (nSPS) is 13.3. The first kappa shape index (κ1) is 27.7. The van der Waals surface area contributed by atoms with Crippen LogP contribution in [-0.4, -0.2) is 15.8 Å². The maximum absolute atomic E-state index is 14.1. The van der Waals surface area contributed by atoms with Crippen LogP contribution in [0.25, 0.3) is 21.9 Å². The summed E-state index contributed by atoms with van der Waals surface area (Å²) in [7, 11) is -1.68. The van der Waals surface area contributed by atoms with Gasteiger partial charge in [-0.25, -0.2) is 4.39 Å². The molecule has 0 saturated heterocycles. The lowest BCUT2D eigenvalue weighted by Crippen LogP contribution is -2.47. The van der Waals surface area contributed by atoms with Gasteiger partial charge in [0.15, 0.2) is 11.5 Å². The Morgan fingerprint density at radius 1 is 0.881 bits per heavy atom. The molecule has 209 valence electrons. The van der Waals surface area contributed by atoms with Crippen LogP contribution in [-0.2, 0) is 10.8 Å². The summed E-state index contributed by atoms with van der Waals surface area (Å²) in [4.78, 5) is 0. The summed E-state index contributed by atoms with van der Waals surface area (Å²) in [6.45, 7) is 6.64. The van der Waals surface area contributed by atoms with Gasteiger partial charge < -0.3 is 13.9 Å². The van der Waals surface area contributed by atoms with E-state index in [4.69, 9.17) is 13.9 Å². The number of halogens is 1. The van der Waals surface area contributed by atoms with Crippen LogP contribution in [0.1, 0.15) is 38.0 Å². The van der Waals surface area contributed by atoms with Gasteiger partial charge in [0, 0.05) is 5.39 Å². The fourth-order valence-electron chi connectivity index (χ4n) is 5.66. The highest BCUT2D eigenvalue weighted by atomic mass is 28.3. The monoisotopic (exact) mass is 572 g/mol. The van der Waals surface area contributed by atoms with Gasteiger partial charge in [-0.2, -0.15) is 5.26 Å². The zero-order chi connectivity index (χ0) is 29.3. The summed E-state index contributed by atoms with van der Waals surface area (Å²) in [5.74, 6) is 0.979. The van der Waals surface area contributed by atoms with Crippen LogP contribution < -0.4 is 19.8 Å². The summed E-state index contributed by atoms with van der Waals surface area (Å²) < 4.78 is 33.1. The highest BCUT2D eigenvalue weighted by Gasteiger charge is 2.36. The Balaban J connectivity index is 1.62. The Morgan fingerprint density at radius 2 is 1.52 bits per heavy atom. The molecular formula is C36H31FNO3Si. The number of rotatable bonds is 7. The highest BCUT2D eigenvalue weighted by molar-refractivity contribution is 6.80. The van der Waals surface area contributed by atoms with Gasteiger partial charge in [-0.15, -0.1) is 0 Å². The Labute approximate surface area is 247 Å².